The molecule has 0 N–H and O–H groups in total. The number of thiophene rings is 2. The number of Topliss-reactive ketones (excluding diaryl/α,β-unsaturated/α-hetero) is 1. The van der Waals surface area contributed by atoms with Crippen LogP contribution in [-0.2, 0) is 9.53 Å². The molecule has 0 spiro atoms. The highest BCUT2D eigenvalue weighted by atomic mass is 32.1. The van der Waals surface area contributed by atoms with Gasteiger partial charge in [0.25, 0.3) is 0 Å². The maximum absolute atomic E-state index is 11.7. The fourth-order valence-corrected chi connectivity index (χ4v) is 3.11. The molecule has 2 rings (SSSR count). The van der Waals surface area contributed by atoms with E-state index in [4.69, 9.17) is 0 Å². The molecule has 0 aromatic carbocycles. The normalized spacial score (nSPS) is 10.2. The Hall–Kier alpha value is -1.46. The van der Waals surface area contributed by atoms with Crippen LogP contribution in [0.2, 0.25) is 0 Å². The second-order valence-corrected chi connectivity index (χ2v) is 5.35. The SMILES string of the molecule is COC(=O)CC(=O)c1ccc(-c2cccs2)s1. The molecule has 0 saturated carbocycles. The molecule has 0 unspecified atom stereocenters. The Labute approximate surface area is 107 Å². The molecule has 0 aliphatic rings. The Kier molecular flexibility index (Phi) is 3.71. The molecule has 0 saturated heterocycles. The van der Waals surface area contributed by atoms with E-state index >= 15 is 0 Å². The van der Waals surface area contributed by atoms with Crippen molar-refractivity contribution >= 4 is 34.4 Å². The van der Waals surface area contributed by atoms with Gasteiger partial charge in [-0.05, 0) is 23.6 Å². The predicted molar refractivity (Wildman–Crippen MR) is 68.6 cm³/mol. The van der Waals surface area contributed by atoms with Crippen LogP contribution in [0.15, 0.2) is 29.6 Å². The first-order valence-corrected chi connectivity index (χ1v) is 6.64. The van der Waals surface area contributed by atoms with Gasteiger partial charge in [0.1, 0.15) is 6.42 Å². The van der Waals surface area contributed by atoms with Crippen LogP contribution in [0, 0.1) is 0 Å². The van der Waals surface area contributed by atoms with E-state index in [1.807, 2.05) is 23.6 Å². The van der Waals surface area contributed by atoms with Crippen molar-refractivity contribution in [3.63, 3.8) is 0 Å². The number of ether oxygens (including phenoxy) is 1. The number of rotatable bonds is 4. The summed E-state index contributed by atoms with van der Waals surface area (Å²) in [6.07, 6.45) is -0.194. The van der Waals surface area contributed by atoms with Gasteiger partial charge < -0.3 is 4.74 Å². The van der Waals surface area contributed by atoms with Crippen LogP contribution in [0.5, 0.6) is 0 Å². The number of carbonyl (C=O) groups is 2. The number of ketones is 1. The smallest absolute Gasteiger partial charge is 0.313 e. The van der Waals surface area contributed by atoms with Crippen LogP contribution in [0.4, 0.5) is 0 Å². The van der Waals surface area contributed by atoms with Crippen molar-refractivity contribution in [2.45, 2.75) is 6.42 Å². The van der Waals surface area contributed by atoms with Crippen molar-refractivity contribution in [3.8, 4) is 9.75 Å². The van der Waals surface area contributed by atoms with Crippen LogP contribution in [0.3, 0.4) is 0 Å². The summed E-state index contributed by atoms with van der Waals surface area (Å²) in [4.78, 5) is 25.5. The van der Waals surface area contributed by atoms with Crippen molar-refractivity contribution in [1.82, 2.24) is 0 Å². The molecule has 0 aliphatic carbocycles. The molecule has 2 aromatic heterocycles. The lowest BCUT2D eigenvalue weighted by atomic mass is 10.2. The molecule has 2 aromatic rings. The Morgan fingerprint density at radius 1 is 1.24 bits per heavy atom. The molecule has 5 heteroatoms. The Balaban J connectivity index is 2.13. The lowest BCUT2D eigenvalue weighted by Crippen LogP contribution is -2.07. The minimum atomic E-state index is -0.499. The number of methoxy groups -OCH3 is 1. The molecule has 0 atom stereocenters. The zero-order chi connectivity index (χ0) is 12.3. The van der Waals surface area contributed by atoms with Gasteiger partial charge in [0, 0.05) is 9.75 Å². The summed E-state index contributed by atoms with van der Waals surface area (Å²) >= 11 is 3.03. The monoisotopic (exact) mass is 266 g/mol. The average Bonchev–Trinajstić information content (AvgIpc) is 2.98. The van der Waals surface area contributed by atoms with E-state index in [9.17, 15) is 9.59 Å². The fraction of sp³-hybridized carbons (Fsp3) is 0.167. The lowest BCUT2D eigenvalue weighted by Gasteiger charge is -1.95. The maximum Gasteiger partial charge on any atom is 0.313 e. The van der Waals surface area contributed by atoms with Gasteiger partial charge >= 0.3 is 5.97 Å². The average molecular weight is 266 g/mol. The van der Waals surface area contributed by atoms with E-state index in [2.05, 4.69) is 4.74 Å². The third-order valence-corrected chi connectivity index (χ3v) is 4.37. The van der Waals surface area contributed by atoms with E-state index in [0.717, 1.165) is 9.75 Å². The number of carbonyl (C=O) groups excluding carboxylic acids is 2. The lowest BCUT2D eigenvalue weighted by molar-refractivity contribution is -0.139. The van der Waals surface area contributed by atoms with Gasteiger partial charge in [-0.15, -0.1) is 22.7 Å². The summed E-state index contributed by atoms with van der Waals surface area (Å²) in [5.41, 5.74) is 0. The van der Waals surface area contributed by atoms with E-state index < -0.39 is 5.97 Å². The molecule has 0 bridgehead atoms. The maximum atomic E-state index is 11.7. The minimum Gasteiger partial charge on any atom is -0.469 e. The summed E-state index contributed by atoms with van der Waals surface area (Å²) < 4.78 is 4.47. The van der Waals surface area contributed by atoms with Crippen molar-refractivity contribution in [2.75, 3.05) is 7.11 Å². The van der Waals surface area contributed by atoms with Crippen LogP contribution < -0.4 is 0 Å². The molecule has 0 aliphatic heterocycles. The standard InChI is InChI=1S/C12H10O3S2/c1-15-12(14)7-8(13)9-4-5-11(17-9)10-3-2-6-16-10/h2-6H,7H2,1H3. The molecule has 0 fully saturated rings. The van der Waals surface area contributed by atoms with Crippen molar-refractivity contribution in [2.24, 2.45) is 0 Å². The Bertz CT molecular complexity index is 526. The first kappa shape index (κ1) is 12.0. The summed E-state index contributed by atoms with van der Waals surface area (Å²) in [5.74, 6) is -0.689. The largest absolute Gasteiger partial charge is 0.469 e. The quantitative estimate of drug-likeness (QED) is 0.485. The van der Waals surface area contributed by atoms with Crippen LogP contribution >= 0.6 is 22.7 Å². The second-order valence-electron chi connectivity index (χ2n) is 3.32. The Morgan fingerprint density at radius 3 is 2.71 bits per heavy atom. The first-order valence-electron chi connectivity index (χ1n) is 4.94. The van der Waals surface area contributed by atoms with Gasteiger partial charge in [0.05, 0.1) is 12.0 Å². The van der Waals surface area contributed by atoms with Crippen molar-refractivity contribution in [3.05, 3.63) is 34.5 Å². The van der Waals surface area contributed by atoms with Crippen LogP contribution in [-0.4, -0.2) is 18.9 Å². The molecule has 0 radical (unpaired) electrons. The van der Waals surface area contributed by atoms with Gasteiger partial charge in [-0.1, -0.05) is 6.07 Å². The summed E-state index contributed by atoms with van der Waals surface area (Å²) in [6.45, 7) is 0. The first-order chi connectivity index (χ1) is 8.20. The minimum absolute atomic E-state index is 0.190. The number of hydrogen-bond acceptors (Lipinski definition) is 5. The summed E-state index contributed by atoms with van der Waals surface area (Å²) in [6, 6.07) is 7.63. The molecular weight excluding hydrogens is 256 g/mol. The van der Waals surface area contributed by atoms with Crippen LogP contribution in [0.25, 0.3) is 9.75 Å². The van der Waals surface area contributed by atoms with Gasteiger partial charge in [-0.25, -0.2) is 0 Å². The number of esters is 1. The highest BCUT2D eigenvalue weighted by Crippen LogP contribution is 2.31. The van der Waals surface area contributed by atoms with E-state index in [1.165, 1.54) is 18.4 Å². The molecule has 0 amide bonds. The zero-order valence-electron chi connectivity index (χ0n) is 9.14. The predicted octanol–water partition coefficient (Wildman–Crippen LogP) is 3.22. The topological polar surface area (TPSA) is 43.4 Å². The summed E-state index contributed by atoms with van der Waals surface area (Å²) in [5, 5.41) is 1.99. The highest BCUT2D eigenvalue weighted by molar-refractivity contribution is 7.22. The molecular formula is C12H10O3S2. The molecule has 88 valence electrons. The molecule has 3 nitrogen and oxygen atoms in total. The van der Waals surface area contributed by atoms with Crippen molar-refractivity contribution in [1.29, 1.82) is 0 Å². The van der Waals surface area contributed by atoms with E-state index in [-0.39, 0.29) is 12.2 Å². The van der Waals surface area contributed by atoms with Gasteiger partial charge in [-0.3, -0.25) is 9.59 Å². The third kappa shape index (κ3) is 2.81. The van der Waals surface area contributed by atoms with E-state index in [1.54, 1.807) is 17.4 Å². The zero-order valence-corrected chi connectivity index (χ0v) is 10.8. The highest BCUT2D eigenvalue weighted by Gasteiger charge is 2.14. The van der Waals surface area contributed by atoms with Gasteiger partial charge in [0.2, 0.25) is 0 Å². The molecule has 17 heavy (non-hydrogen) atoms. The van der Waals surface area contributed by atoms with Crippen molar-refractivity contribution < 1.29 is 14.3 Å². The van der Waals surface area contributed by atoms with Gasteiger partial charge in [-0.2, -0.15) is 0 Å². The fourth-order valence-electron chi connectivity index (χ4n) is 1.33. The Morgan fingerprint density at radius 2 is 2.06 bits per heavy atom. The van der Waals surface area contributed by atoms with E-state index in [0.29, 0.717) is 4.88 Å². The number of hydrogen-bond donors (Lipinski definition) is 0. The van der Waals surface area contributed by atoms with Gasteiger partial charge in [0.15, 0.2) is 5.78 Å². The van der Waals surface area contributed by atoms with Crippen LogP contribution in [0.1, 0.15) is 16.1 Å². The molecule has 2 heterocycles. The third-order valence-electron chi connectivity index (χ3n) is 2.18. The second kappa shape index (κ2) is 5.25. The summed E-state index contributed by atoms with van der Waals surface area (Å²) in [7, 11) is 1.28.